The fourth-order valence-electron chi connectivity index (χ4n) is 4.20. The molecule has 0 aromatic carbocycles. The van der Waals surface area contributed by atoms with Gasteiger partial charge in [0.2, 0.25) is 0 Å². The lowest BCUT2D eigenvalue weighted by Crippen LogP contribution is -2.50. The van der Waals surface area contributed by atoms with Gasteiger partial charge in [-0.3, -0.25) is 4.79 Å². The second-order valence-corrected chi connectivity index (χ2v) is 8.47. The van der Waals surface area contributed by atoms with E-state index in [4.69, 9.17) is 0 Å². The van der Waals surface area contributed by atoms with Gasteiger partial charge < -0.3 is 15.1 Å². The number of nitrogens with one attached hydrogen (secondary N) is 1. The molecule has 2 aromatic rings. The Morgan fingerprint density at radius 1 is 1.21 bits per heavy atom. The molecule has 5 rings (SSSR count). The van der Waals surface area contributed by atoms with E-state index in [1.54, 1.807) is 17.3 Å². The number of nitrogens with zero attached hydrogens (tertiary/aromatic N) is 4. The highest BCUT2D eigenvalue weighted by Gasteiger charge is 2.34. The highest BCUT2D eigenvalue weighted by molar-refractivity contribution is 7.92. The van der Waals surface area contributed by atoms with Gasteiger partial charge in [0.1, 0.15) is 0 Å². The number of aromatic nitrogens is 2. The van der Waals surface area contributed by atoms with Crippen molar-refractivity contribution >= 4 is 35.0 Å². The van der Waals surface area contributed by atoms with E-state index in [2.05, 4.69) is 15.2 Å². The monoisotopic (exact) mass is 405 g/mol. The van der Waals surface area contributed by atoms with Crippen LogP contribution in [0.4, 0.5) is 9.57 Å². The Morgan fingerprint density at radius 2 is 1.96 bits per heavy atom. The third-order valence-corrected chi connectivity index (χ3v) is 6.40. The molecule has 1 aliphatic heterocycles. The quantitative estimate of drug-likeness (QED) is 0.838. The number of fused-ring (bicyclic) bond motifs is 3. The minimum atomic E-state index is -0.0119. The smallest absolute Gasteiger partial charge is 0.258 e. The van der Waals surface area contributed by atoms with Crippen LogP contribution >= 0.6 is 12.3 Å². The molecule has 6 nitrogen and oxygen atoms in total. The fourth-order valence-corrected chi connectivity index (χ4v) is 4.52. The summed E-state index contributed by atoms with van der Waals surface area (Å²) in [6.07, 6.45) is 12.1. The van der Waals surface area contributed by atoms with Crippen LogP contribution in [0.25, 0.3) is 11.0 Å². The number of amides is 1. The molecular weight excluding hydrogens is 377 g/mol. The molecule has 1 N–H and O–H groups in total. The predicted molar refractivity (Wildman–Crippen MR) is 112 cm³/mol. The van der Waals surface area contributed by atoms with Gasteiger partial charge in [0.25, 0.3) is 5.91 Å². The second kappa shape index (κ2) is 8.29. The Bertz CT molecular complexity index is 846. The minimum absolute atomic E-state index is 0.0119. The van der Waals surface area contributed by atoms with Gasteiger partial charge >= 0.3 is 0 Å². The minimum Gasteiger partial charge on any atom is -0.349 e. The van der Waals surface area contributed by atoms with E-state index in [-0.39, 0.29) is 18.2 Å². The average molecular weight is 406 g/mol. The zero-order chi connectivity index (χ0) is 19.7. The van der Waals surface area contributed by atoms with E-state index >= 15 is 0 Å². The van der Waals surface area contributed by atoms with Crippen molar-refractivity contribution in [2.24, 2.45) is 0 Å². The van der Waals surface area contributed by atoms with E-state index in [1.807, 2.05) is 20.2 Å². The van der Waals surface area contributed by atoms with Crippen molar-refractivity contribution in [2.45, 2.75) is 57.0 Å². The Balaban J connectivity index is 0.000000336. The Hall–Kier alpha value is -1.80. The number of carbonyl (C=O) groups excluding carboxylic acids is 1. The molecule has 28 heavy (non-hydrogen) atoms. The summed E-state index contributed by atoms with van der Waals surface area (Å²) in [7, 11) is 3.84. The average Bonchev–Trinajstić information content (AvgIpc) is 3.49. The van der Waals surface area contributed by atoms with Crippen molar-refractivity contribution in [1.82, 2.24) is 19.2 Å². The molecule has 2 aliphatic carbocycles. The van der Waals surface area contributed by atoms with Crippen molar-refractivity contribution < 1.29 is 8.68 Å². The summed E-state index contributed by atoms with van der Waals surface area (Å²) in [5, 5.41) is 4.00. The van der Waals surface area contributed by atoms with Crippen LogP contribution in [0.5, 0.6) is 0 Å². The first kappa shape index (κ1) is 19.5. The first-order valence-electron chi connectivity index (χ1n) is 10.1. The van der Waals surface area contributed by atoms with Gasteiger partial charge in [0.05, 0.1) is 17.9 Å². The van der Waals surface area contributed by atoms with Crippen LogP contribution < -0.4 is 10.2 Å². The zero-order valence-electron chi connectivity index (χ0n) is 16.5. The lowest BCUT2D eigenvalue weighted by atomic mass is 9.92. The van der Waals surface area contributed by atoms with Gasteiger partial charge in [0, 0.05) is 36.9 Å². The van der Waals surface area contributed by atoms with E-state index in [0.29, 0.717) is 23.9 Å². The van der Waals surface area contributed by atoms with Gasteiger partial charge in [-0.25, -0.2) is 8.96 Å². The summed E-state index contributed by atoms with van der Waals surface area (Å²) in [5.41, 5.74) is 2.13. The summed E-state index contributed by atoms with van der Waals surface area (Å²) in [6, 6.07) is 3.18. The first-order valence-corrected chi connectivity index (χ1v) is 10.8. The number of carbonyl (C=O) groups is 1. The summed E-state index contributed by atoms with van der Waals surface area (Å²) < 4.78 is 14.5. The van der Waals surface area contributed by atoms with Gasteiger partial charge in [-0.15, -0.1) is 3.89 Å². The molecule has 0 radical (unpaired) electrons. The second-order valence-electron chi connectivity index (χ2n) is 7.94. The van der Waals surface area contributed by atoms with Gasteiger partial charge in [0.15, 0.2) is 18.0 Å². The molecule has 0 atom stereocenters. The van der Waals surface area contributed by atoms with Crippen LogP contribution in [0.3, 0.4) is 0 Å². The summed E-state index contributed by atoms with van der Waals surface area (Å²) in [4.78, 5) is 20.9. The van der Waals surface area contributed by atoms with Crippen LogP contribution in [0.1, 0.15) is 55.3 Å². The highest BCUT2D eigenvalue weighted by Crippen LogP contribution is 2.38. The topological polar surface area (TPSA) is 53.4 Å². The molecule has 0 unspecified atom stereocenters. The zero-order valence-corrected chi connectivity index (χ0v) is 17.3. The van der Waals surface area contributed by atoms with Gasteiger partial charge in [-0.05, 0) is 38.8 Å². The van der Waals surface area contributed by atoms with Crippen LogP contribution in [-0.4, -0.2) is 52.6 Å². The number of pyridine rings is 1. The molecule has 0 spiro atoms. The Labute approximate surface area is 169 Å². The largest absolute Gasteiger partial charge is 0.349 e. The van der Waals surface area contributed by atoms with E-state index in [9.17, 15) is 8.68 Å². The third-order valence-electron chi connectivity index (χ3n) is 5.96. The SMILES string of the molecule is CN1CN(C2CCCCC2)c2c(cnc3c2ccn3SF)C1=O.CNC1CC1. The maximum Gasteiger partial charge on any atom is 0.258 e. The molecule has 2 fully saturated rings. The molecule has 8 heteroatoms. The van der Waals surface area contributed by atoms with E-state index < -0.39 is 0 Å². The number of hydrogen-bond acceptors (Lipinski definition) is 5. The lowest BCUT2D eigenvalue weighted by Gasteiger charge is -2.42. The van der Waals surface area contributed by atoms with Crippen LogP contribution in [0, 0.1) is 0 Å². The standard InChI is InChI=1S/C16H19FN4OS.C4H9N/c1-19-10-20(11-5-3-2-4-6-11)14-12-7-8-21(23-17)15(12)18-9-13(14)16(19)22;1-5-4-2-3-4/h7-9,11H,2-6,10H2,1H3;4-5H,2-3H2,1H3. The summed E-state index contributed by atoms with van der Waals surface area (Å²) in [5.74, 6) is -0.0119. The number of rotatable bonds is 3. The van der Waals surface area contributed by atoms with E-state index in [1.165, 1.54) is 36.1 Å². The van der Waals surface area contributed by atoms with Crippen molar-refractivity contribution in [3.63, 3.8) is 0 Å². The first-order chi connectivity index (χ1) is 13.6. The van der Waals surface area contributed by atoms with Crippen molar-refractivity contribution in [3.05, 3.63) is 24.0 Å². The van der Waals surface area contributed by atoms with Crippen LogP contribution in [0.2, 0.25) is 0 Å². The van der Waals surface area contributed by atoms with Gasteiger partial charge in [-0.2, -0.15) is 0 Å². The number of hydrogen-bond donors (Lipinski definition) is 1. The molecule has 0 saturated heterocycles. The normalized spacial score (nSPS) is 20.2. The molecule has 3 aliphatic rings. The molecular formula is C20H28FN5OS. The predicted octanol–water partition coefficient (Wildman–Crippen LogP) is 3.97. The van der Waals surface area contributed by atoms with E-state index in [0.717, 1.165) is 30.0 Å². The summed E-state index contributed by atoms with van der Waals surface area (Å²) in [6.45, 7) is 0.587. The van der Waals surface area contributed by atoms with Gasteiger partial charge in [-0.1, -0.05) is 19.3 Å². The summed E-state index contributed by atoms with van der Waals surface area (Å²) >= 11 is 0.134. The number of anilines is 1. The fraction of sp³-hybridized carbons (Fsp3) is 0.600. The molecule has 152 valence electrons. The number of halogens is 1. The van der Waals surface area contributed by atoms with Crippen molar-refractivity contribution in [2.75, 3.05) is 25.7 Å². The Morgan fingerprint density at radius 3 is 2.57 bits per heavy atom. The molecule has 2 saturated carbocycles. The maximum atomic E-state index is 13.1. The third kappa shape index (κ3) is 3.72. The maximum absolute atomic E-state index is 13.1. The lowest BCUT2D eigenvalue weighted by molar-refractivity contribution is 0.0775. The molecule has 3 heterocycles. The molecule has 2 aromatic heterocycles. The van der Waals surface area contributed by atoms with Crippen LogP contribution in [-0.2, 0) is 0 Å². The van der Waals surface area contributed by atoms with Crippen LogP contribution in [0.15, 0.2) is 18.5 Å². The molecule has 1 amide bonds. The molecule has 0 bridgehead atoms. The van der Waals surface area contributed by atoms with Crippen molar-refractivity contribution in [3.8, 4) is 0 Å². The van der Waals surface area contributed by atoms with Crippen molar-refractivity contribution in [1.29, 1.82) is 0 Å². The highest BCUT2D eigenvalue weighted by atomic mass is 32.2. The Kier molecular flexibility index (Phi) is 5.78.